The quantitative estimate of drug-likeness (QED) is 0.656. The van der Waals surface area contributed by atoms with Crippen molar-refractivity contribution in [2.45, 2.75) is 0 Å². The van der Waals surface area contributed by atoms with Gasteiger partial charge in [-0.1, -0.05) is 0 Å². The van der Waals surface area contributed by atoms with Crippen molar-refractivity contribution in [1.82, 2.24) is 19.6 Å². The summed E-state index contributed by atoms with van der Waals surface area (Å²) < 4.78 is 19.5. The van der Waals surface area contributed by atoms with Gasteiger partial charge in [0.25, 0.3) is 5.91 Å². The molecular formula is C14H14FN7O2. The van der Waals surface area contributed by atoms with Crippen LogP contribution in [0.4, 0.5) is 21.7 Å². The molecule has 0 radical (unpaired) electrons. The first-order chi connectivity index (χ1) is 11.5. The Kier molecular flexibility index (Phi) is 3.86. The van der Waals surface area contributed by atoms with Crippen LogP contribution in [0.25, 0.3) is 5.65 Å². The van der Waals surface area contributed by atoms with Crippen molar-refractivity contribution in [2.24, 2.45) is 0 Å². The molecule has 3 aromatic rings. The highest BCUT2D eigenvalue weighted by Gasteiger charge is 2.21. The number of methoxy groups -OCH3 is 1. The van der Waals surface area contributed by atoms with Crippen LogP contribution in [0.1, 0.15) is 10.4 Å². The van der Waals surface area contributed by atoms with Crippen molar-refractivity contribution in [3.8, 4) is 5.75 Å². The summed E-state index contributed by atoms with van der Waals surface area (Å²) in [6.45, 7) is 0. The van der Waals surface area contributed by atoms with Crippen LogP contribution in [0.3, 0.4) is 0 Å². The topological polar surface area (TPSA) is 119 Å². The minimum atomic E-state index is -0.592. The molecule has 0 saturated carbocycles. The van der Waals surface area contributed by atoms with Crippen LogP contribution in [0.5, 0.6) is 5.75 Å². The van der Waals surface area contributed by atoms with Gasteiger partial charge in [0.2, 0.25) is 0 Å². The number of carbonyl (C=O) groups excluding carboxylic acids is 1. The first kappa shape index (κ1) is 15.5. The lowest BCUT2D eigenvalue weighted by Crippen LogP contribution is -2.15. The number of pyridine rings is 1. The van der Waals surface area contributed by atoms with Gasteiger partial charge in [-0.05, 0) is 0 Å². The molecular weight excluding hydrogens is 317 g/mol. The highest BCUT2D eigenvalue weighted by Crippen LogP contribution is 2.27. The van der Waals surface area contributed by atoms with Crippen molar-refractivity contribution >= 4 is 28.9 Å². The number of hydrogen-bond donors (Lipinski definition) is 3. The summed E-state index contributed by atoms with van der Waals surface area (Å²) in [6.07, 6.45) is 3.51. The summed E-state index contributed by atoms with van der Waals surface area (Å²) >= 11 is 0. The van der Waals surface area contributed by atoms with Crippen LogP contribution < -0.4 is 21.1 Å². The van der Waals surface area contributed by atoms with Gasteiger partial charge in [-0.2, -0.15) is 0 Å². The van der Waals surface area contributed by atoms with Gasteiger partial charge in [-0.15, -0.1) is 5.10 Å². The fourth-order valence-corrected chi connectivity index (χ4v) is 2.17. The van der Waals surface area contributed by atoms with Crippen LogP contribution in [0, 0.1) is 5.82 Å². The fourth-order valence-electron chi connectivity index (χ4n) is 2.17. The lowest BCUT2D eigenvalue weighted by atomic mass is 10.2. The van der Waals surface area contributed by atoms with Gasteiger partial charge in [0.15, 0.2) is 17.3 Å². The number of nitrogens with two attached hydrogens (primary N) is 1. The number of nitrogens with one attached hydrogen (secondary N) is 2. The molecule has 0 aliphatic rings. The highest BCUT2D eigenvalue weighted by molar-refractivity contribution is 6.12. The second-order valence-electron chi connectivity index (χ2n) is 4.77. The Labute approximate surface area is 135 Å². The molecule has 0 aromatic carbocycles. The zero-order valence-electron chi connectivity index (χ0n) is 12.9. The van der Waals surface area contributed by atoms with E-state index in [-0.39, 0.29) is 17.0 Å². The molecule has 0 atom stereocenters. The van der Waals surface area contributed by atoms with Gasteiger partial charge in [-0.3, -0.25) is 4.79 Å². The summed E-state index contributed by atoms with van der Waals surface area (Å²) in [4.78, 5) is 20.5. The van der Waals surface area contributed by atoms with Crippen LogP contribution in [0.2, 0.25) is 0 Å². The van der Waals surface area contributed by atoms with E-state index in [1.54, 1.807) is 13.1 Å². The highest BCUT2D eigenvalue weighted by atomic mass is 19.1. The molecule has 0 unspecified atom stereocenters. The summed E-state index contributed by atoms with van der Waals surface area (Å²) in [5.74, 6) is -0.219. The molecule has 3 heterocycles. The molecule has 0 bridgehead atoms. The minimum Gasteiger partial charge on any atom is -0.494 e. The van der Waals surface area contributed by atoms with Gasteiger partial charge < -0.3 is 21.1 Å². The first-order valence-electron chi connectivity index (χ1n) is 6.86. The molecule has 3 rings (SSSR count). The van der Waals surface area contributed by atoms with Crippen molar-refractivity contribution in [3.63, 3.8) is 0 Å². The number of fused-ring (bicyclic) bond motifs is 1. The zero-order valence-corrected chi connectivity index (χ0v) is 12.9. The third-order valence-electron chi connectivity index (χ3n) is 3.29. The average Bonchev–Trinajstić information content (AvgIpc) is 2.89. The predicted molar refractivity (Wildman–Crippen MR) is 85.6 cm³/mol. The minimum absolute atomic E-state index is 0.0368. The molecule has 124 valence electrons. The lowest BCUT2D eigenvalue weighted by molar-refractivity contribution is 0.102. The van der Waals surface area contributed by atoms with Crippen LogP contribution in [-0.4, -0.2) is 39.6 Å². The van der Waals surface area contributed by atoms with E-state index in [2.05, 4.69) is 25.7 Å². The standard InChI is InChI=1S/C14H14FN7O2/c1-17-10-3-9(24-2)8(5-18-10)20-14(23)11-12(16)21-22-6-7(15)4-19-13(11)22/h3-6H,1-2H3,(H2,16,21)(H,17,18)(H,20,23). The number of nitrogens with zero attached hydrogens (tertiary/aromatic N) is 4. The van der Waals surface area contributed by atoms with Crippen molar-refractivity contribution in [2.75, 3.05) is 30.5 Å². The maximum atomic E-state index is 13.2. The summed E-state index contributed by atoms with van der Waals surface area (Å²) in [5.41, 5.74) is 6.29. The fraction of sp³-hybridized carbons (Fsp3) is 0.143. The second-order valence-corrected chi connectivity index (χ2v) is 4.77. The van der Waals surface area contributed by atoms with Crippen molar-refractivity contribution in [1.29, 1.82) is 0 Å². The summed E-state index contributed by atoms with van der Waals surface area (Å²) in [7, 11) is 3.18. The van der Waals surface area contributed by atoms with Crippen LogP contribution >= 0.6 is 0 Å². The largest absolute Gasteiger partial charge is 0.494 e. The number of amides is 1. The molecule has 3 aromatic heterocycles. The lowest BCUT2D eigenvalue weighted by Gasteiger charge is -2.10. The van der Waals surface area contributed by atoms with Crippen molar-refractivity contribution < 1.29 is 13.9 Å². The number of nitrogen functional groups attached to an aromatic ring is 1. The summed E-state index contributed by atoms with van der Waals surface area (Å²) in [6, 6.07) is 1.63. The number of rotatable bonds is 4. The molecule has 0 aliphatic carbocycles. The molecule has 0 spiro atoms. The first-order valence-corrected chi connectivity index (χ1v) is 6.86. The van der Waals surface area contributed by atoms with E-state index >= 15 is 0 Å². The third kappa shape index (κ3) is 2.64. The molecule has 24 heavy (non-hydrogen) atoms. The Bertz CT molecular complexity index is 925. The average molecular weight is 331 g/mol. The molecule has 1 amide bonds. The molecule has 9 nitrogen and oxygen atoms in total. The van der Waals surface area contributed by atoms with Gasteiger partial charge >= 0.3 is 0 Å². The monoisotopic (exact) mass is 331 g/mol. The Morgan fingerprint density at radius 1 is 1.38 bits per heavy atom. The normalized spacial score (nSPS) is 10.6. The SMILES string of the molecule is CNc1cc(OC)c(NC(=O)c2c(N)nn3cc(F)cnc23)cn1. The van der Waals surface area contributed by atoms with Gasteiger partial charge in [-0.25, -0.2) is 18.9 Å². The Morgan fingerprint density at radius 2 is 2.17 bits per heavy atom. The molecule has 0 aliphatic heterocycles. The van der Waals surface area contributed by atoms with Gasteiger partial charge in [0, 0.05) is 13.1 Å². The van der Waals surface area contributed by atoms with E-state index in [0.29, 0.717) is 17.3 Å². The maximum absolute atomic E-state index is 13.2. The van der Waals surface area contributed by atoms with E-state index in [9.17, 15) is 9.18 Å². The predicted octanol–water partition coefficient (Wildman–Crippen LogP) is 1.15. The number of aromatic nitrogens is 4. The number of ether oxygens (including phenoxy) is 1. The van der Waals surface area contributed by atoms with E-state index in [4.69, 9.17) is 10.5 Å². The Balaban J connectivity index is 1.97. The number of hydrogen-bond acceptors (Lipinski definition) is 7. The summed E-state index contributed by atoms with van der Waals surface area (Å²) in [5, 5.41) is 9.39. The molecule has 0 saturated heterocycles. The van der Waals surface area contributed by atoms with Crippen molar-refractivity contribution in [3.05, 3.63) is 36.0 Å². The van der Waals surface area contributed by atoms with Gasteiger partial charge in [0.1, 0.15) is 22.8 Å². The number of halogens is 1. The smallest absolute Gasteiger partial charge is 0.263 e. The number of anilines is 3. The van der Waals surface area contributed by atoms with Crippen LogP contribution in [0.15, 0.2) is 24.7 Å². The molecule has 10 heteroatoms. The maximum Gasteiger partial charge on any atom is 0.263 e. The molecule has 4 N–H and O–H groups in total. The Morgan fingerprint density at radius 3 is 2.88 bits per heavy atom. The van der Waals surface area contributed by atoms with Crippen LogP contribution in [-0.2, 0) is 0 Å². The van der Waals surface area contributed by atoms with E-state index in [0.717, 1.165) is 16.9 Å². The van der Waals surface area contributed by atoms with E-state index in [1.165, 1.54) is 13.3 Å². The van der Waals surface area contributed by atoms with E-state index < -0.39 is 11.7 Å². The zero-order chi connectivity index (χ0) is 17.3. The molecule has 0 fully saturated rings. The number of carbonyl (C=O) groups is 1. The van der Waals surface area contributed by atoms with E-state index in [1.807, 2.05) is 0 Å². The second kappa shape index (κ2) is 5.99. The Hall–Kier alpha value is -3.43. The van der Waals surface area contributed by atoms with Gasteiger partial charge in [0.05, 0.1) is 25.7 Å². The third-order valence-corrected chi connectivity index (χ3v) is 3.29.